The monoisotopic (exact) mass is 358 g/mol. The van der Waals surface area contributed by atoms with E-state index in [1.165, 1.54) is 13.0 Å². The molecule has 1 aromatic carbocycles. The maximum Gasteiger partial charge on any atom is 0.257 e. The Morgan fingerprint density at radius 2 is 1.77 bits per heavy atom. The molecule has 0 saturated carbocycles. The summed E-state index contributed by atoms with van der Waals surface area (Å²) in [5, 5.41) is 4.30. The standard InChI is InChI=1S/C19H23FN4O2/c1-12-18(13(2)22(4)21-12)19(26)24-9-7-23(8-10-24)17-6-5-15(14(3)25)11-16(17)20/h5-6,11H,7-10H2,1-4H3. The molecule has 1 amide bonds. The summed E-state index contributed by atoms with van der Waals surface area (Å²) >= 11 is 0. The summed E-state index contributed by atoms with van der Waals surface area (Å²) in [6, 6.07) is 4.55. The van der Waals surface area contributed by atoms with Crippen LogP contribution in [0.3, 0.4) is 0 Å². The third kappa shape index (κ3) is 3.21. The molecule has 2 heterocycles. The van der Waals surface area contributed by atoms with Crippen molar-refractivity contribution < 1.29 is 14.0 Å². The van der Waals surface area contributed by atoms with Crippen LogP contribution >= 0.6 is 0 Å². The molecule has 0 aliphatic carbocycles. The smallest absolute Gasteiger partial charge is 0.257 e. The van der Waals surface area contributed by atoms with Gasteiger partial charge in [0.15, 0.2) is 5.78 Å². The molecule has 0 atom stereocenters. The molecule has 1 aromatic heterocycles. The number of rotatable bonds is 3. The third-order valence-electron chi connectivity index (χ3n) is 4.98. The predicted octanol–water partition coefficient (Wildman–Crippen LogP) is 2.34. The lowest BCUT2D eigenvalue weighted by molar-refractivity contribution is 0.0744. The molecule has 1 fully saturated rings. The molecule has 1 aliphatic heterocycles. The number of Topliss-reactive ketones (excluding diaryl/α,β-unsaturated/α-hetero) is 1. The second kappa shape index (κ2) is 6.90. The fraction of sp³-hybridized carbons (Fsp3) is 0.421. The Bertz CT molecular complexity index is 867. The Labute approximate surface area is 152 Å². The van der Waals surface area contributed by atoms with Crippen LogP contribution in [0.1, 0.15) is 39.0 Å². The normalized spacial score (nSPS) is 14.7. The molecule has 7 heteroatoms. The van der Waals surface area contributed by atoms with E-state index in [1.54, 1.807) is 21.7 Å². The van der Waals surface area contributed by atoms with Crippen molar-refractivity contribution in [3.63, 3.8) is 0 Å². The van der Waals surface area contributed by atoms with Crippen molar-refractivity contribution in [2.75, 3.05) is 31.1 Å². The SMILES string of the molecule is CC(=O)c1ccc(N2CCN(C(=O)c3c(C)nn(C)c3C)CC2)c(F)c1. The summed E-state index contributed by atoms with van der Waals surface area (Å²) < 4.78 is 16.1. The van der Waals surface area contributed by atoms with Crippen molar-refractivity contribution in [1.29, 1.82) is 0 Å². The zero-order valence-electron chi connectivity index (χ0n) is 15.5. The lowest BCUT2D eigenvalue weighted by Crippen LogP contribution is -2.49. The summed E-state index contributed by atoms with van der Waals surface area (Å²) in [4.78, 5) is 27.9. The number of ketones is 1. The Morgan fingerprint density at radius 3 is 2.27 bits per heavy atom. The van der Waals surface area contributed by atoms with Crippen molar-refractivity contribution in [3.8, 4) is 0 Å². The largest absolute Gasteiger partial charge is 0.366 e. The maximum atomic E-state index is 14.3. The molecule has 6 nitrogen and oxygen atoms in total. The van der Waals surface area contributed by atoms with Crippen molar-refractivity contribution >= 4 is 17.4 Å². The van der Waals surface area contributed by atoms with Gasteiger partial charge >= 0.3 is 0 Å². The van der Waals surface area contributed by atoms with Crippen molar-refractivity contribution in [2.45, 2.75) is 20.8 Å². The van der Waals surface area contributed by atoms with Gasteiger partial charge in [0.1, 0.15) is 5.82 Å². The van der Waals surface area contributed by atoms with E-state index < -0.39 is 5.82 Å². The number of nitrogens with zero attached hydrogens (tertiary/aromatic N) is 4. The minimum atomic E-state index is -0.406. The van der Waals surface area contributed by atoms with Gasteiger partial charge in [-0.05, 0) is 39.0 Å². The van der Waals surface area contributed by atoms with E-state index in [0.717, 1.165) is 11.4 Å². The van der Waals surface area contributed by atoms with Crippen LogP contribution in [0.25, 0.3) is 0 Å². The molecule has 2 aromatic rings. The minimum Gasteiger partial charge on any atom is -0.366 e. The van der Waals surface area contributed by atoms with E-state index in [0.29, 0.717) is 43.0 Å². The van der Waals surface area contributed by atoms with Crippen LogP contribution < -0.4 is 4.90 Å². The Hall–Kier alpha value is -2.70. The van der Waals surface area contributed by atoms with Crippen molar-refractivity contribution in [2.24, 2.45) is 7.05 Å². The number of benzene rings is 1. The molecule has 1 aliphatic rings. The number of piperazine rings is 1. The Balaban J connectivity index is 1.71. The highest BCUT2D eigenvalue weighted by atomic mass is 19.1. The van der Waals surface area contributed by atoms with Crippen LogP contribution in [0, 0.1) is 19.7 Å². The van der Waals surface area contributed by atoms with Crippen LogP contribution in [-0.2, 0) is 7.05 Å². The van der Waals surface area contributed by atoms with Crippen LogP contribution in [-0.4, -0.2) is 52.5 Å². The van der Waals surface area contributed by atoms with Gasteiger partial charge in [-0.25, -0.2) is 4.39 Å². The highest BCUT2D eigenvalue weighted by Crippen LogP contribution is 2.23. The first-order valence-corrected chi connectivity index (χ1v) is 8.64. The number of carbonyl (C=O) groups is 2. The molecule has 0 radical (unpaired) electrons. The van der Waals surface area contributed by atoms with Gasteiger partial charge in [0.25, 0.3) is 5.91 Å². The third-order valence-corrected chi connectivity index (χ3v) is 4.98. The average molecular weight is 358 g/mol. The first kappa shape index (κ1) is 18.1. The summed E-state index contributed by atoms with van der Waals surface area (Å²) in [7, 11) is 1.82. The number of aromatic nitrogens is 2. The highest BCUT2D eigenvalue weighted by molar-refractivity contribution is 5.96. The Morgan fingerprint density at radius 1 is 1.12 bits per heavy atom. The van der Waals surface area contributed by atoms with Crippen LogP contribution in [0.2, 0.25) is 0 Å². The maximum absolute atomic E-state index is 14.3. The van der Waals surface area contributed by atoms with Gasteiger partial charge in [0.05, 0.1) is 16.9 Å². The molecule has 1 saturated heterocycles. The van der Waals surface area contributed by atoms with Gasteiger partial charge in [0.2, 0.25) is 0 Å². The van der Waals surface area contributed by atoms with Gasteiger partial charge < -0.3 is 9.80 Å². The van der Waals surface area contributed by atoms with Gasteiger partial charge in [-0.3, -0.25) is 14.3 Å². The van der Waals surface area contributed by atoms with Crippen LogP contribution in [0.15, 0.2) is 18.2 Å². The summed E-state index contributed by atoms with van der Waals surface area (Å²) in [5.41, 5.74) is 3.06. The predicted molar refractivity (Wildman–Crippen MR) is 97.2 cm³/mol. The molecule has 138 valence electrons. The number of aryl methyl sites for hydroxylation is 2. The van der Waals surface area contributed by atoms with Crippen molar-refractivity contribution in [1.82, 2.24) is 14.7 Å². The van der Waals surface area contributed by atoms with Gasteiger partial charge in [0, 0.05) is 44.5 Å². The van der Waals surface area contributed by atoms with Crippen LogP contribution in [0.5, 0.6) is 0 Å². The lowest BCUT2D eigenvalue weighted by Gasteiger charge is -2.36. The number of hydrogen-bond acceptors (Lipinski definition) is 4. The number of anilines is 1. The molecule has 0 bridgehead atoms. The Kier molecular flexibility index (Phi) is 4.80. The van der Waals surface area contributed by atoms with Crippen molar-refractivity contribution in [3.05, 3.63) is 46.5 Å². The van der Waals surface area contributed by atoms with E-state index in [1.807, 2.05) is 25.8 Å². The minimum absolute atomic E-state index is 0.0276. The molecule has 3 rings (SSSR count). The molecule has 0 spiro atoms. The molecule has 0 N–H and O–H groups in total. The number of hydrogen-bond donors (Lipinski definition) is 0. The summed E-state index contributed by atoms with van der Waals surface area (Å²) in [6.45, 7) is 7.25. The number of amides is 1. The average Bonchev–Trinajstić information content (AvgIpc) is 2.86. The molecule has 26 heavy (non-hydrogen) atoms. The second-order valence-electron chi connectivity index (χ2n) is 6.67. The first-order chi connectivity index (χ1) is 12.3. The fourth-order valence-corrected chi connectivity index (χ4v) is 3.37. The summed E-state index contributed by atoms with van der Waals surface area (Å²) in [5.74, 6) is -0.593. The van der Waals surface area contributed by atoms with Gasteiger partial charge in [-0.1, -0.05) is 0 Å². The summed E-state index contributed by atoms with van der Waals surface area (Å²) in [6.07, 6.45) is 0. The first-order valence-electron chi connectivity index (χ1n) is 8.64. The van der Waals surface area contributed by atoms with E-state index >= 15 is 0 Å². The lowest BCUT2D eigenvalue weighted by atomic mass is 10.1. The molecule has 0 unspecified atom stereocenters. The number of halogens is 1. The topological polar surface area (TPSA) is 58.4 Å². The van der Waals surface area contributed by atoms with E-state index in [-0.39, 0.29) is 11.7 Å². The van der Waals surface area contributed by atoms with Crippen LogP contribution in [0.4, 0.5) is 10.1 Å². The molecular weight excluding hydrogens is 335 g/mol. The number of carbonyl (C=O) groups excluding carboxylic acids is 2. The highest BCUT2D eigenvalue weighted by Gasteiger charge is 2.27. The van der Waals surface area contributed by atoms with E-state index in [2.05, 4.69) is 5.10 Å². The van der Waals surface area contributed by atoms with E-state index in [9.17, 15) is 14.0 Å². The van der Waals surface area contributed by atoms with E-state index in [4.69, 9.17) is 0 Å². The quantitative estimate of drug-likeness (QED) is 0.791. The fourth-order valence-electron chi connectivity index (χ4n) is 3.37. The van der Waals surface area contributed by atoms with Gasteiger partial charge in [-0.2, -0.15) is 5.10 Å². The second-order valence-corrected chi connectivity index (χ2v) is 6.67. The zero-order valence-corrected chi connectivity index (χ0v) is 15.5. The zero-order chi connectivity index (χ0) is 19.0. The molecular formula is C19H23FN4O2. The van der Waals surface area contributed by atoms with Gasteiger partial charge in [-0.15, -0.1) is 0 Å².